The van der Waals surface area contributed by atoms with Gasteiger partial charge in [-0.3, -0.25) is 9.59 Å². The SMILES string of the molecule is O=C(NCc1cccs1)C(=O)NCC(O)c1ccc(-n2cccn2)cc1. The van der Waals surface area contributed by atoms with Crippen LogP contribution in [-0.4, -0.2) is 33.2 Å². The minimum atomic E-state index is -0.907. The average Bonchev–Trinajstić information content (AvgIpc) is 3.37. The van der Waals surface area contributed by atoms with Gasteiger partial charge in [0.1, 0.15) is 0 Å². The summed E-state index contributed by atoms with van der Waals surface area (Å²) in [4.78, 5) is 24.5. The van der Waals surface area contributed by atoms with E-state index in [1.807, 2.05) is 41.9 Å². The number of nitrogens with zero attached hydrogens (tertiary/aromatic N) is 2. The number of carbonyl (C=O) groups is 2. The van der Waals surface area contributed by atoms with Gasteiger partial charge >= 0.3 is 11.8 Å². The lowest BCUT2D eigenvalue weighted by molar-refractivity contribution is -0.139. The van der Waals surface area contributed by atoms with E-state index in [-0.39, 0.29) is 6.54 Å². The lowest BCUT2D eigenvalue weighted by atomic mass is 10.1. The summed E-state index contributed by atoms with van der Waals surface area (Å²) in [6, 6.07) is 12.7. The molecule has 26 heavy (non-hydrogen) atoms. The Hall–Kier alpha value is -2.97. The average molecular weight is 370 g/mol. The first-order valence-corrected chi connectivity index (χ1v) is 8.88. The van der Waals surface area contributed by atoms with E-state index < -0.39 is 17.9 Å². The lowest BCUT2D eigenvalue weighted by Crippen LogP contribution is -2.41. The fourth-order valence-corrected chi connectivity index (χ4v) is 2.96. The molecule has 134 valence electrons. The van der Waals surface area contributed by atoms with Crippen LogP contribution in [0.2, 0.25) is 0 Å². The number of hydrogen-bond donors (Lipinski definition) is 3. The molecule has 2 aromatic heterocycles. The van der Waals surface area contributed by atoms with Gasteiger partial charge in [-0.05, 0) is 35.2 Å². The van der Waals surface area contributed by atoms with Crippen LogP contribution >= 0.6 is 11.3 Å². The summed E-state index contributed by atoms with van der Waals surface area (Å²) in [5.74, 6) is -1.49. The zero-order valence-electron chi connectivity index (χ0n) is 13.8. The van der Waals surface area contributed by atoms with Gasteiger partial charge in [0.05, 0.1) is 18.3 Å². The summed E-state index contributed by atoms with van der Waals surface area (Å²) in [6.07, 6.45) is 2.60. The molecule has 3 rings (SSSR count). The molecule has 0 aliphatic carbocycles. The molecule has 1 aromatic carbocycles. The Labute approximate surface area is 154 Å². The maximum atomic E-state index is 11.8. The van der Waals surface area contributed by atoms with Gasteiger partial charge in [0.25, 0.3) is 0 Å². The van der Waals surface area contributed by atoms with E-state index in [2.05, 4.69) is 15.7 Å². The molecule has 0 saturated heterocycles. The van der Waals surface area contributed by atoms with E-state index in [1.165, 1.54) is 11.3 Å². The van der Waals surface area contributed by atoms with Crippen LogP contribution in [0.4, 0.5) is 0 Å². The standard InChI is InChI=1S/C18H18N4O3S/c23-16(13-4-6-14(7-5-13)22-9-2-8-21-22)12-20-18(25)17(24)19-11-15-3-1-10-26-15/h1-10,16,23H,11-12H2,(H,19,24)(H,20,25). The van der Waals surface area contributed by atoms with Crippen LogP contribution in [0.1, 0.15) is 16.5 Å². The molecule has 0 radical (unpaired) electrons. The largest absolute Gasteiger partial charge is 0.387 e. The molecule has 2 heterocycles. The fourth-order valence-electron chi connectivity index (χ4n) is 2.32. The van der Waals surface area contributed by atoms with E-state index in [0.717, 1.165) is 10.6 Å². The number of thiophene rings is 1. The summed E-state index contributed by atoms with van der Waals surface area (Å²) in [5.41, 5.74) is 1.50. The molecule has 0 fully saturated rings. The molecular weight excluding hydrogens is 352 g/mol. The zero-order chi connectivity index (χ0) is 18.4. The molecule has 8 heteroatoms. The van der Waals surface area contributed by atoms with Crippen molar-refractivity contribution in [3.63, 3.8) is 0 Å². The first kappa shape index (κ1) is 17.8. The van der Waals surface area contributed by atoms with Crippen molar-refractivity contribution < 1.29 is 14.7 Å². The molecule has 0 spiro atoms. The Bertz CT molecular complexity index is 845. The number of carbonyl (C=O) groups excluding carboxylic acids is 2. The van der Waals surface area contributed by atoms with E-state index in [9.17, 15) is 14.7 Å². The Morgan fingerprint density at radius 3 is 2.54 bits per heavy atom. The number of amides is 2. The first-order valence-electron chi connectivity index (χ1n) is 8.00. The molecule has 2 amide bonds. The number of aliphatic hydroxyl groups is 1. The molecule has 1 atom stereocenters. The van der Waals surface area contributed by atoms with Crippen LogP contribution in [0.15, 0.2) is 60.2 Å². The van der Waals surface area contributed by atoms with E-state index in [0.29, 0.717) is 12.1 Å². The van der Waals surface area contributed by atoms with E-state index >= 15 is 0 Å². The Morgan fingerprint density at radius 2 is 1.88 bits per heavy atom. The van der Waals surface area contributed by atoms with Crippen molar-refractivity contribution in [1.82, 2.24) is 20.4 Å². The minimum Gasteiger partial charge on any atom is -0.387 e. The predicted octanol–water partition coefficient (Wildman–Crippen LogP) is 1.40. The number of benzene rings is 1. The van der Waals surface area contributed by atoms with Crippen LogP contribution < -0.4 is 10.6 Å². The Morgan fingerprint density at radius 1 is 1.12 bits per heavy atom. The maximum Gasteiger partial charge on any atom is 0.309 e. The van der Waals surface area contributed by atoms with Gasteiger partial charge in [0.15, 0.2) is 0 Å². The minimum absolute atomic E-state index is 0.0492. The lowest BCUT2D eigenvalue weighted by Gasteiger charge is -2.13. The van der Waals surface area contributed by atoms with Gasteiger partial charge < -0.3 is 15.7 Å². The normalized spacial score (nSPS) is 11.7. The second kappa shape index (κ2) is 8.41. The predicted molar refractivity (Wildman–Crippen MR) is 97.7 cm³/mol. The van der Waals surface area contributed by atoms with Crippen molar-refractivity contribution in [2.75, 3.05) is 6.54 Å². The van der Waals surface area contributed by atoms with Crippen molar-refractivity contribution in [2.24, 2.45) is 0 Å². The van der Waals surface area contributed by atoms with Crippen LogP contribution in [0.25, 0.3) is 5.69 Å². The topological polar surface area (TPSA) is 96.3 Å². The molecule has 3 N–H and O–H groups in total. The molecule has 0 bridgehead atoms. The number of aliphatic hydroxyl groups excluding tert-OH is 1. The van der Waals surface area contributed by atoms with E-state index in [1.54, 1.807) is 23.0 Å². The Balaban J connectivity index is 1.47. The van der Waals surface area contributed by atoms with Crippen LogP contribution in [0.3, 0.4) is 0 Å². The summed E-state index contributed by atoms with van der Waals surface area (Å²) in [6.45, 7) is 0.258. The smallest absolute Gasteiger partial charge is 0.309 e. The number of aromatic nitrogens is 2. The quantitative estimate of drug-likeness (QED) is 0.572. The Kier molecular flexibility index (Phi) is 5.77. The number of rotatable bonds is 6. The fraction of sp³-hybridized carbons (Fsp3) is 0.167. The highest BCUT2D eigenvalue weighted by molar-refractivity contribution is 7.09. The highest BCUT2D eigenvalue weighted by atomic mass is 32.1. The van der Waals surface area contributed by atoms with Gasteiger partial charge in [0, 0.05) is 23.8 Å². The van der Waals surface area contributed by atoms with Crippen LogP contribution in [0.5, 0.6) is 0 Å². The molecule has 0 saturated carbocycles. The highest BCUT2D eigenvalue weighted by Crippen LogP contribution is 2.15. The van der Waals surface area contributed by atoms with Crippen molar-refractivity contribution in [1.29, 1.82) is 0 Å². The summed E-state index contributed by atoms with van der Waals surface area (Å²) < 4.78 is 1.70. The summed E-state index contributed by atoms with van der Waals surface area (Å²) >= 11 is 1.50. The van der Waals surface area contributed by atoms with Gasteiger partial charge in [-0.25, -0.2) is 4.68 Å². The highest BCUT2D eigenvalue weighted by Gasteiger charge is 2.15. The summed E-state index contributed by atoms with van der Waals surface area (Å²) in [7, 11) is 0. The van der Waals surface area contributed by atoms with Gasteiger partial charge in [-0.15, -0.1) is 11.3 Å². The van der Waals surface area contributed by atoms with Gasteiger partial charge in [-0.1, -0.05) is 18.2 Å². The second-order valence-electron chi connectivity index (χ2n) is 5.53. The van der Waals surface area contributed by atoms with Crippen molar-refractivity contribution in [3.05, 3.63) is 70.7 Å². The molecule has 0 aliphatic rings. The molecule has 0 aliphatic heterocycles. The molecule has 3 aromatic rings. The third-order valence-corrected chi connectivity index (χ3v) is 4.59. The van der Waals surface area contributed by atoms with E-state index in [4.69, 9.17) is 0 Å². The van der Waals surface area contributed by atoms with Crippen LogP contribution in [0, 0.1) is 0 Å². The maximum absolute atomic E-state index is 11.8. The van der Waals surface area contributed by atoms with Gasteiger partial charge in [-0.2, -0.15) is 5.10 Å². The second-order valence-corrected chi connectivity index (χ2v) is 6.56. The monoisotopic (exact) mass is 370 g/mol. The number of hydrogen-bond acceptors (Lipinski definition) is 5. The van der Waals surface area contributed by atoms with Crippen molar-refractivity contribution >= 4 is 23.2 Å². The third kappa shape index (κ3) is 4.56. The zero-order valence-corrected chi connectivity index (χ0v) is 14.6. The third-order valence-electron chi connectivity index (χ3n) is 3.71. The van der Waals surface area contributed by atoms with Crippen molar-refractivity contribution in [3.8, 4) is 5.69 Å². The van der Waals surface area contributed by atoms with Crippen molar-refractivity contribution in [2.45, 2.75) is 12.6 Å². The number of nitrogens with one attached hydrogen (secondary N) is 2. The first-order chi connectivity index (χ1) is 12.6. The molecular formula is C18H18N4O3S. The van der Waals surface area contributed by atoms with Crippen LogP contribution in [-0.2, 0) is 16.1 Å². The van der Waals surface area contributed by atoms with Gasteiger partial charge in [0.2, 0.25) is 0 Å². The molecule has 7 nitrogen and oxygen atoms in total. The summed E-state index contributed by atoms with van der Waals surface area (Å²) in [5, 5.41) is 21.2. The molecule has 1 unspecified atom stereocenters.